The van der Waals surface area contributed by atoms with E-state index in [1.165, 1.54) is 4.90 Å². The Kier molecular flexibility index (Phi) is 3.45. The molecule has 0 aromatic carbocycles. The predicted octanol–water partition coefficient (Wildman–Crippen LogP) is 0.378. The third-order valence-electron chi connectivity index (χ3n) is 1.15. The molecule has 0 atom stereocenters. The van der Waals surface area contributed by atoms with E-state index in [1.807, 2.05) is 13.8 Å². The fourth-order valence-electron chi connectivity index (χ4n) is 0.582. The number of nitriles is 1. The molecule has 0 aliphatic heterocycles. The van der Waals surface area contributed by atoms with Crippen LogP contribution < -0.4 is 0 Å². The van der Waals surface area contributed by atoms with Crippen LogP contribution in [0.15, 0.2) is 0 Å². The van der Waals surface area contributed by atoms with Crippen molar-refractivity contribution in [3.63, 3.8) is 0 Å². The molecule has 3 heteroatoms. The van der Waals surface area contributed by atoms with Crippen LogP contribution in [-0.4, -0.2) is 23.9 Å². The van der Waals surface area contributed by atoms with Crippen LogP contribution in [0.4, 0.5) is 0 Å². The highest BCUT2D eigenvalue weighted by molar-refractivity contribution is 5.91. The van der Waals surface area contributed by atoms with Gasteiger partial charge in [0.25, 0.3) is 0 Å². The summed E-state index contributed by atoms with van der Waals surface area (Å²) >= 11 is 0. The van der Waals surface area contributed by atoms with Crippen molar-refractivity contribution >= 4 is 5.91 Å². The molecule has 0 bridgehead atoms. The van der Waals surface area contributed by atoms with E-state index < -0.39 is 5.91 Å². The lowest BCUT2D eigenvalue weighted by molar-refractivity contribution is -0.124. The van der Waals surface area contributed by atoms with Gasteiger partial charge in [-0.25, -0.2) is 0 Å². The Morgan fingerprint density at radius 2 is 2.00 bits per heavy atom. The van der Waals surface area contributed by atoms with Crippen molar-refractivity contribution in [3.8, 4) is 6.07 Å². The van der Waals surface area contributed by atoms with Crippen LogP contribution in [0, 0.1) is 11.3 Å². The van der Waals surface area contributed by atoms with Crippen LogP contribution >= 0.6 is 0 Å². The smallest absolute Gasteiger partial charge is 0.324 e. The van der Waals surface area contributed by atoms with Crippen molar-refractivity contribution in [1.29, 1.82) is 5.26 Å². The number of nitrogens with zero attached hydrogens (tertiary/aromatic N) is 2. The highest BCUT2D eigenvalue weighted by atomic mass is 16.2. The van der Waals surface area contributed by atoms with Crippen molar-refractivity contribution in [3.05, 3.63) is 0 Å². The number of hydrogen-bond acceptors (Lipinski definition) is 2. The Labute approximate surface area is 54.9 Å². The van der Waals surface area contributed by atoms with Gasteiger partial charge in [0, 0.05) is 13.1 Å². The molecule has 0 aromatic rings. The van der Waals surface area contributed by atoms with E-state index in [2.05, 4.69) is 0 Å². The monoisotopic (exact) mass is 126 g/mol. The first-order chi connectivity index (χ1) is 4.26. The Bertz CT molecular complexity index is 132. The number of carbonyl (C=O) groups excluding carboxylic acids is 1. The third kappa shape index (κ3) is 2.13. The van der Waals surface area contributed by atoms with Crippen molar-refractivity contribution < 1.29 is 4.79 Å². The zero-order valence-electron chi connectivity index (χ0n) is 5.72. The van der Waals surface area contributed by atoms with Gasteiger partial charge in [0.1, 0.15) is 0 Å². The quantitative estimate of drug-likeness (QED) is 0.502. The minimum absolute atomic E-state index is 0.444. The van der Waals surface area contributed by atoms with Gasteiger partial charge in [-0.05, 0) is 13.8 Å². The molecule has 0 N–H and O–H groups in total. The van der Waals surface area contributed by atoms with E-state index in [9.17, 15) is 4.79 Å². The second kappa shape index (κ2) is 3.90. The van der Waals surface area contributed by atoms with Crippen LogP contribution in [0.5, 0.6) is 0 Å². The van der Waals surface area contributed by atoms with E-state index in [4.69, 9.17) is 5.26 Å². The summed E-state index contributed by atoms with van der Waals surface area (Å²) < 4.78 is 0. The van der Waals surface area contributed by atoms with E-state index in [1.54, 1.807) is 6.07 Å². The van der Waals surface area contributed by atoms with E-state index >= 15 is 0 Å². The molecule has 0 rings (SSSR count). The standard InChI is InChI=1S/C6H10N2O/c1-3-8(4-2)6(9)5-7/h3-4H2,1-2H3. The highest BCUT2D eigenvalue weighted by Gasteiger charge is 2.05. The average Bonchev–Trinajstić information content (AvgIpc) is 1.90. The summed E-state index contributed by atoms with van der Waals surface area (Å²) in [5, 5.41) is 8.13. The fraction of sp³-hybridized carbons (Fsp3) is 0.667. The average molecular weight is 126 g/mol. The number of hydrogen-bond donors (Lipinski definition) is 0. The molecule has 0 aliphatic carbocycles. The van der Waals surface area contributed by atoms with Crippen molar-refractivity contribution in [2.24, 2.45) is 0 Å². The minimum atomic E-state index is -0.444. The first kappa shape index (κ1) is 7.96. The van der Waals surface area contributed by atoms with Crippen LogP contribution in [0.2, 0.25) is 0 Å². The summed E-state index contributed by atoms with van der Waals surface area (Å²) in [6.45, 7) is 4.92. The summed E-state index contributed by atoms with van der Waals surface area (Å²) in [6.07, 6.45) is 0. The summed E-state index contributed by atoms with van der Waals surface area (Å²) in [6, 6.07) is 1.55. The predicted molar refractivity (Wildman–Crippen MR) is 33.5 cm³/mol. The minimum Gasteiger partial charge on any atom is -0.331 e. The van der Waals surface area contributed by atoms with Gasteiger partial charge in [0.05, 0.1) is 0 Å². The van der Waals surface area contributed by atoms with E-state index in [-0.39, 0.29) is 0 Å². The van der Waals surface area contributed by atoms with Crippen molar-refractivity contribution in [2.45, 2.75) is 13.8 Å². The molecule has 9 heavy (non-hydrogen) atoms. The molecule has 0 spiro atoms. The number of carbonyl (C=O) groups is 1. The number of rotatable bonds is 2. The Balaban J connectivity index is 3.83. The van der Waals surface area contributed by atoms with Gasteiger partial charge in [0.2, 0.25) is 0 Å². The van der Waals surface area contributed by atoms with Gasteiger partial charge >= 0.3 is 5.91 Å². The highest BCUT2D eigenvalue weighted by Crippen LogP contribution is 1.85. The maximum Gasteiger partial charge on any atom is 0.324 e. The second-order valence-corrected chi connectivity index (χ2v) is 1.59. The maximum atomic E-state index is 10.5. The summed E-state index contributed by atoms with van der Waals surface area (Å²) in [5.74, 6) is -0.444. The Morgan fingerprint density at radius 3 is 2.11 bits per heavy atom. The molecule has 0 aliphatic rings. The molecule has 3 nitrogen and oxygen atoms in total. The van der Waals surface area contributed by atoms with Crippen LogP contribution in [-0.2, 0) is 4.79 Å². The zero-order valence-corrected chi connectivity index (χ0v) is 5.72. The summed E-state index contributed by atoms with van der Waals surface area (Å²) in [5.41, 5.74) is 0. The largest absolute Gasteiger partial charge is 0.331 e. The lowest BCUT2D eigenvalue weighted by Crippen LogP contribution is -2.28. The lowest BCUT2D eigenvalue weighted by atomic mass is 10.5. The first-order valence-corrected chi connectivity index (χ1v) is 2.95. The molecule has 1 amide bonds. The Morgan fingerprint density at radius 1 is 1.56 bits per heavy atom. The Hall–Kier alpha value is -1.04. The van der Waals surface area contributed by atoms with Crippen molar-refractivity contribution in [2.75, 3.05) is 13.1 Å². The van der Waals surface area contributed by atoms with E-state index in [0.717, 1.165) is 0 Å². The van der Waals surface area contributed by atoms with Gasteiger partial charge in [-0.1, -0.05) is 0 Å². The third-order valence-corrected chi connectivity index (χ3v) is 1.15. The molecule has 0 aromatic heterocycles. The SMILES string of the molecule is CCN(CC)C(=O)C#N. The molecule has 0 saturated heterocycles. The van der Waals surface area contributed by atoms with E-state index in [0.29, 0.717) is 13.1 Å². The van der Waals surface area contributed by atoms with Gasteiger partial charge < -0.3 is 4.90 Å². The molecule has 0 radical (unpaired) electrons. The normalized spacial score (nSPS) is 8.11. The van der Waals surface area contributed by atoms with Gasteiger partial charge in [0.15, 0.2) is 6.07 Å². The van der Waals surface area contributed by atoms with Gasteiger partial charge in [-0.2, -0.15) is 5.26 Å². The fourth-order valence-corrected chi connectivity index (χ4v) is 0.582. The first-order valence-electron chi connectivity index (χ1n) is 2.95. The number of amides is 1. The topological polar surface area (TPSA) is 44.1 Å². The molecule has 0 fully saturated rings. The van der Waals surface area contributed by atoms with Crippen LogP contribution in [0.3, 0.4) is 0 Å². The molecule has 50 valence electrons. The molecule has 0 saturated carbocycles. The summed E-state index contributed by atoms with van der Waals surface area (Å²) in [4.78, 5) is 12.0. The van der Waals surface area contributed by atoms with Gasteiger partial charge in [-0.3, -0.25) is 4.79 Å². The lowest BCUT2D eigenvalue weighted by Gasteiger charge is -2.12. The summed E-state index contributed by atoms with van der Waals surface area (Å²) in [7, 11) is 0. The van der Waals surface area contributed by atoms with Crippen LogP contribution in [0.1, 0.15) is 13.8 Å². The molecular formula is C6H10N2O. The molecular weight excluding hydrogens is 116 g/mol. The molecule has 0 heterocycles. The molecule has 0 unspecified atom stereocenters. The van der Waals surface area contributed by atoms with Gasteiger partial charge in [-0.15, -0.1) is 0 Å². The maximum absolute atomic E-state index is 10.5. The zero-order chi connectivity index (χ0) is 7.28. The van der Waals surface area contributed by atoms with Crippen molar-refractivity contribution in [1.82, 2.24) is 4.90 Å². The second-order valence-electron chi connectivity index (χ2n) is 1.59. The van der Waals surface area contributed by atoms with Crippen LogP contribution in [0.25, 0.3) is 0 Å².